The highest BCUT2D eigenvalue weighted by molar-refractivity contribution is 5.90. The third kappa shape index (κ3) is 2.14. The largest absolute Gasteiger partial charge is 0.497 e. The molecule has 0 fully saturated rings. The molecule has 0 aliphatic carbocycles. The van der Waals surface area contributed by atoms with Crippen LogP contribution in [0.5, 0.6) is 11.5 Å². The molecule has 2 rings (SSSR count). The molecule has 18 heavy (non-hydrogen) atoms. The average molecular weight is 245 g/mol. The van der Waals surface area contributed by atoms with Gasteiger partial charge in [-0.3, -0.25) is 0 Å². The zero-order valence-electron chi connectivity index (χ0n) is 11.3. The number of hydrogen-bond donors (Lipinski definition) is 1. The fourth-order valence-electron chi connectivity index (χ4n) is 2.24. The maximum Gasteiger partial charge on any atom is 0.124 e. The Morgan fingerprint density at radius 2 is 1.67 bits per heavy atom. The Labute approximate surface area is 108 Å². The van der Waals surface area contributed by atoms with Gasteiger partial charge >= 0.3 is 0 Å². The molecule has 3 nitrogen and oxygen atoms in total. The number of rotatable bonds is 3. The smallest absolute Gasteiger partial charge is 0.124 e. The summed E-state index contributed by atoms with van der Waals surface area (Å²) in [6, 6.07) is 9.97. The Morgan fingerprint density at radius 1 is 1.00 bits per heavy atom. The van der Waals surface area contributed by atoms with E-state index >= 15 is 0 Å². The van der Waals surface area contributed by atoms with E-state index in [4.69, 9.17) is 15.2 Å². The Kier molecular flexibility index (Phi) is 3.18. The normalized spacial score (nSPS) is 11.6. The molecule has 0 amide bonds. The van der Waals surface area contributed by atoms with Crippen molar-refractivity contribution in [2.45, 2.75) is 19.4 Å². The third-order valence-electron chi connectivity index (χ3n) is 3.05. The first-order chi connectivity index (χ1) is 8.47. The summed E-state index contributed by atoms with van der Waals surface area (Å²) in [5.41, 5.74) is 6.80. The van der Waals surface area contributed by atoms with Crippen molar-refractivity contribution in [1.29, 1.82) is 0 Å². The van der Waals surface area contributed by atoms with Crippen LogP contribution in [0, 0.1) is 0 Å². The van der Waals surface area contributed by atoms with Crippen molar-refractivity contribution in [1.82, 2.24) is 0 Å². The first kappa shape index (κ1) is 12.7. The van der Waals surface area contributed by atoms with E-state index in [1.54, 1.807) is 14.2 Å². The number of methoxy groups -OCH3 is 2. The maximum absolute atomic E-state index is 6.27. The van der Waals surface area contributed by atoms with Gasteiger partial charge in [0.2, 0.25) is 0 Å². The van der Waals surface area contributed by atoms with E-state index in [-0.39, 0.29) is 0 Å². The number of ether oxygens (including phenoxy) is 2. The second kappa shape index (κ2) is 4.50. The van der Waals surface area contributed by atoms with E-state index in [1.807, 2.05) is 44.2 Å². The topological polar surface area (TPSA) is 44.5 Å². The lowest BCUT2D eigenvalue weighted by Gasteiger charge is -2.24. The molecule has 3 heteroatoms. The lowest BCUT2D eigenvalue weighted by atomic mass is 9.89. The van der Waals surface area contributed by atoms with Gasteiger partial charge in [-0.15, -0.1) is 0 Å². The van der Waals surface area contributed by atoms with Crippen molar-refractivity contribution in [3.8, 4) is 11.5 Å². The summed E-state index contributed by atoms with van der Waals surface area (Å²) in [5.74, 6) is 1.63. The van der Waals surface area contributed by atoms with Gasteiger partial charge < -0.3 is 15.2 Å². The summed E-state index contributed by atoms with van der Waals surface area (Å²) < 4.78 is 10.7. The van der Waals surface area contributed by atoms with Crippen LogP contribution in [0.2, 0.25) is 0 Å². The standard InChI is InChI=1S/C15H19NO2/c1-15(2,16)14-12-9-11(17-3)7-5-10(12)6-8-13(14)18-4/h5-9H,16H2,1-4H3. The summed E-state index contributed by atoms with van der Waals surface area (Å²) in [7, 11) is 3.32. The second-order valence-electron chi connectivity index (χ2n) is 4.95. The molecule has 0 spiro atoms. The average Bonchev–Trinajstić information content (AvgIpc) is 2.35. The van der Waals surface area contributed by atoms with Crippen LogP contribution in [0.4, 0.5) is 0 Å². The molecule has 0 aliphatic rings. The maximum atomic E-state index is 6.27. The van der Waals surface area contributed by atoms with Crippen LogP contribution >= 0.6 is 0 Å². The van der Waals surface area contributed by atoms with Gasteiger partial charge in [-0.05, 0) is 42.8 Å². The molecule has 2 aromatic rings. The molecule has 96 valence electrons. The minimum Gasteiger partial charge on any atom is -0.497 e. The highest BCUT2D eigenvalue weighted by Crippen LogP contribution is 2.36. The van der Waals surface area contributed by atoms with E-state index in [0.29, 0.717) is 0 Å². The lowest BCUT2D eigenvalue weighted by Crippen LogP contribution is -2.29. The lowest BCUT2D eigenvalue weighted by molar-refractivity contribution is 0.396. The van der Waals surface area contributed by atoms with Crippen molar-refractivity contribution >= 4 is 10.8 Å². The van der Waals surface area contributed by atoms with E-state index in [0.717, 1.165) is 27.8 Å². The predicted octanol–water partition coefficient (Wildman–Crippen LogP) is 3.05. The minimum absolute atomic E-state index is 0.475. The number of benzene rings is 2. The molecule has 0 radical (unpaired) electrons. The molecule has 2 aromatic carbocycles. The van der Waals surface area contributed by atoms with Gasteiger partial charge in [0.1, 0.15) is 11.5 Å². The van der Waals surface area contributed by atoms with E-state index in [2.05, 4.69) is 0 Å². The SMILES string of the molecule is COc1ccc2ccc(OC)c(C(C)(C)N)c2c1. The van der Waals surface area contributed by atoms with Gasteiger partial charge in [-0.2, -0.15) is 0 Å². The first-order valence-corrected chi connectivity index (χ1v) is 5.91. The van der Waals surface area contributed by atoms with E-state index in [9.17, 15) is 0 Å². The Bertz CT molecular complexity index is 565. The van der Waals surface area contributed by atoms with Gasteiger partial charge in [-0.25, -0.2) is 0 Å². The molecule has 0 unspecified atom stereocenters. The summed E-state index contributed by atoms with van der Waals surface area (Å²) in [5, 5.41) is 2.20. The van der Waals surface area contributed by atoms with Crippen molar-refractivity contribution in [2.24, 2.45) is 5.73 Å². The van der Waals surface area contributed by atoms with Gasteiger partial charge in [0, 0.05) is 11.1 Å². The van der Waals surface area contributed by atoms with Crippen LogP contribution in [0.1, 0.15) is 19.4 Å². The quantitative estimate of drug-likeness (QED) is 0.904. The van der Waals surface area contributed by atoms with Crippen molar-refractivity contribution in [3.05, 3.63) is 35.9 Å². The van der Waals surface area contributed by atoms with Crippen LogP contribution in [0.3, 0.4) is 0 Å². The molecule has 2 N–H and O–H groups in total. The Hall–Kier alpha value is -1.74. The summed E-state index contributed by atoms with van der Waals surface area (Å²) in [6.07, 6.45) is 0. The summed E-state index contributed by atoms with van der Waals surface area (Å²) in [4.78, 5) is 0. The Balaban J connectivity index is 2.83. The van der Waals surface area contributed by atoms with Crippen LogP contribution in [-0.2, 0) is 5.54 Å². The third-order valence-corrected chi connectivity index (χ3v) is 3.05. The van der Waals surface area contributed by atoms with Crippen LogP contribution in [0.25, 0.3) is 10.8 Å². The van der Waals surface area contributed by atoms with Crippen LogP contribution in [-0.4, -0.2) is 14.2 Å². The Morgan fingerprint density at radius 3 is 2.22 bits per heavy atom. The first-order valence-electron chi connectivity index (χ1n) is 5.91. The van der Waals surface area contributed by atoms with Gasteiger partial charge in [-0.1, -0.05) is 12.1 Å². The summed E-state index contributed by atoms with van der Waals surface area (Å²) >= 11 is 0. The fourth-order valence-corrected chi connectivity index (χ4v) is 2.24. The van der Waals surface area contributed by atoms with Crippen LogP contribution < -0.4 is 15.2 Å². The molecule has 0 saturated heterocycles. The molecular formula is C15H19NO2. The minimum atomic E-state index is -0.475. The molecule has 0 bridgehead atoms. The van der Waals surface area contributed by atoms with E-state index in [1.165, 1.54) is 0 Å². The van der Waals surface area contributed by atoms with Crippen molar-refractivity contribution < 1.29 is 9.47 Å². The predicted molar refractivity (Wildman–Crippen MR) is 74.3 cm³/mol. The number of fused-ring (bicyclic) bond motifs is 1. The number of nitrogens with two attached hydrogens (primary N) is 1. The zero-order chi connectivity index (χ0) is 13.3. The molecule has 0 aliphatic heterocycles. The second-order valence-corrected chi connectivity index (χ2v) is 4.95. The van der Waals surface area contributed by atoms with Gasteiger partial charge in [0.15, 0.2) is 0 Å². The van der Waals surface area contributed by atoms with Gasteiger partial charge in [0.05, 0.1) is 14.2 Å². The van der Waals surface area contributed by atoms with Gasteiger partial charge in [0.25, 0.3) is 0 Å². The van der Waals surface area contributed by atoms with Crippen molar-refractivity contribution in [2.75, 3.05) is 14.2 Å². The fraction of sp³-hybridized carbons (Fsp3) is 0.333. The zero-order valence-corrected chi connectivity index (χ0v) is 11.3. The number of hydrogen-bond acceptors (Lipinski definition) is 3. The summed E-state index contributed by atoms with van der Waals surface area (Å²) in [6.45, 7) is 3.95. The highest BCUT2D eigenvalue weighted by Gasteiger charge is 2.22. The molecule has 0 atom stereocenters. The molecule has 0 saturated carbocycles. The highest BCUT2D eigenvalue weighted by atomic mass is 16.5. The molecule has 0 aromatic heterocycles. The molecule has 0 heterocycles. The molecular weight excluding hydrogens is 226 g/mol. The van der Waals surface area contributed by atoms with Crippen molar-refractivity contribution in [3.63, 3.8) is 0 Å². The van der Waals surface area contributed by atoms with E-state index < -0.39 is 5.54 Å². The monoisotopic (exact) mass is 245 g/mol. The van der Waals surface area contributed by atoms with Crippen LogP contribution in [0.15, 0.2) is 30.3 Å².